The van der Waals surface area contributed by atoms with Gasteiger partial charge in [-0.3, -0.25) is 9.69 Å². The summed E-state index contributed by atoms with van der Waals surface area (Å²) >= 11 is 0. The van der Waals surface area contributed by atoms with Crippen LogP contribution in [0.5, 0.6) is 0 Å². The fourth-order valence-corrected chi connectivity index (χ4v) is 3.89. The van der Waals surface area contributed by atoms with Crippen molar-refractivity contribution in [1.29, 1.82) is 0 Å². The lowest BCUT2D eigenvalue weighted by molar-refractivity contribution is -0.192. The Labute approximate surface area is 166 Å². The molecule has 1 aromatic rings. The summed E-state index contributed by atoms with van der Waals surface area (Å²) in [6, 6.07) is 4.07. The van der Waals surface area contributed by atoms with E-state index in [9.17, 15) is 18.0 Å². The number of ether oxygens (including phenoxy) is 1. The smallest absolute Gasteiger partial charge is 0.475 e. The van der Waals surface area contributed by atoms with E-state index in [0.717, 1.165) is 57.1 Å². The molecule has 3 saturated heterocycles. The van der Waals surface area contributed by atoms with Crippen LogP contribution in [0.4, 0.5) is 13.2 Å². The number of furan rings is 1. The number of carboxylic acid groups (broad SMARTS) is 1. The summed E-state index contributed by atoms with van der Waals surface area (Å²) in [5.74, 6) is 0.0917. The summed E-state index contributed by atoms with van der Waals surface area (Å²) in [6.45, 7) is 6.73. The molecule has 0 unspecified atom stereocenters. The lowest BCUT2D eigenvalue weighted by atomic mass is 10.0. The number of fused-ring (bicyclic) bond motifs is 1. The molecule has 0 aliphatic carbocycles. The fraction of sp³-hybridized carbons (Fsp3) is 0.684. The van der Waals surface area contributed by atoms with E-state index < -0.39 is 12.1 Å². The Morgan fingerprint density at radius 2 is 1.93 bits per heavy atom. The van der Waals surface area contributed by atoms with Gasteiger partial charge in [-0.15, -0.1) is 0 Å². The molecule has 0 saturated carbocycles. The molecule has 3 atom stereocenters. The number of carboxylic acids is 1. The third kappa shape index (κ3) is 5.72. The molecule has 4 heterocycles. The predicted molar refractivity (Wildman–Crippen MR) is 95.0 cm³/mol. The Kier molecular flexibility index (Phi) is 6.52. The van der Waals surface area contributed by atoms with Gasteiger partial charge >= 0.3 is 12.1 Å². The van der Waals surface area contributed by atoms with Crippen molar-refractivity contribution in [3.05, 3.63) is 23.7 Å². The van der Waals surface area contributed by atoms with Crippen LogP contribution >= 0.6 is 0 Å². The van der Waals surface area contributed by atoms with E-state index in [0.29, 0.717) is 18.4 Å². The summed E-state index contributed by atoms with van der Waals surface area (Å²) in [5, 5.41) is 7.12. The van der Waals surface area contributed by atoms with Crippen LogP contribution in [0.2, 0.25) is 0 Å². The Hall–Kier alpha value is -2.07. The summed E-state index contributed by atoms with van der Waals surface area (Å²) in [7, 11) is 0. The van der Waals surface area contributed by atoms with E-state index in [-0.39, 0.29) is 12.0 Å². The van der Waals surface area contributed by atoms with Gasteiger partial charge < -0.3 is 19.2 Å². The summed E-state index contributed by atoms with van der Waals surface area (Å²) in [4.78, 5) is 25.3. The molecule has 1 aromatic heterocycles. The van der Waals surface area contributed by atoms with Crippen molar-refractivity contribution < 1.29 is 37.0 Å². The minimum Gasteiger partial charge on any atom is -0.475 e. The van der Waals surface area contributed by atoms with Crippen molar-refractivity contribution in [2.45, 2.75) is 51.1 Å². The lowest BCUT2D eigenvalue weighted by Gasteiger charge is -2.31. The highest BCUT2D eigenvalue weighted by molar-refractivity contribution is 5.77. The van der Waals surface area contributed by atoms with Crippen LogP contribution in [0.3, 0.4) is 0 Å². The molecule has 0 bridgehead atoms. The van der Waals surface area contributed by atoms with Crippen LogP contribution in [0.1, 0.15) is 30.8 Å². The number of halogens is 3. The molecule has 0 spiro atoms. The molecule has 3 fully saturated rings. The number of aliphatic carboxylic acids is 1. The number of carbonyl (C=O) groups excluding carboxylic acids is 1. The van der Waals surface area contributed by atoms with E-state index in [1.165, 1.54) is 0 Å². The van der Waals surface area contributed by atoms with Gasteiger partial charge in [-0.25, -0.2) is 4.79 Å². The standard InChI is InChI=1S/C17H24N2O3.C2HF3O2/c1-12-3-4-14(21-12)10-18-9-13-7-15(22-16(13)11-18)8-17(20)19-5-2-6-19;3-2(4,5)1(6)7/h3-4,13,15-16H,2,5-11H2,1H3;(H,6,7)/t13-,15-,16+;/m0./s1. The monoisotopic (exact) mass is 418 g/mol. The van der Waals surface area contributed by atoms with Crippen LogP contribution in [-0.2, 0) is 20.9 Å². The largest absolute Gasteiger partial charge is 0.490 e. The molecular formula is C19H25F3N2O5. The first kappa shape index (κ1) is 21.6. The SMILES string of the molecule is Cc1ccc(CN2C[C@@H]3C[C@@H](CC(=O)N4CCC4)O[C@@H]3C2)o1.O=C(O)C(F)(F)F. The molecule has 4 rings (SSSR count). The number of amides is 1. The van der Waals surface area contributed by atoms with Gasteiger partial charge in [0.25, 0.3) is 0 Å². The minimum absolute atomic E-state index is 0.135. The molecular weight excluding hydrogens is 393 g/mol. The zero-order chi connectivity index (χ0) is 21.2. The van der Waals surface area contributed by atoms with Gasteiger partial charge in [0.2, 0.25) is 5.91 Å². The van der Waals surface area contributed by atoms with Crippen LogP contribution in [0.25, 0.3) is 0 Å². The third-order valence-corrected chi connectivity index (χ3v) is 5.42. The molecule has 29 heavy (non-hydrogen) atoms. The van der Waals surface area contributed by atoms with Crippen LogP contribution in [0.15, 0.2) is 16.5 Å². The second-order valence-electron chi connectivity index (χ2n) is 7.74. The highest BCUT2D eigenvalue weighted by Gasteiger charge is 2.43. The zero-order valence-electron chi connectivity index (χ0n) is 16.2. The Bertz CT molecular complexity index is 718. The topological polar surface area (TPSA) is 83.2 Å². The molecule has 3 aliphatic heterocycles. The Balaban J connectivity index is 0.000000298. The van der Waals surface area contributed by atoms with Crippen molar-refractivity contribution in [1.82, 2.24) is 9.80 Å². The van der Waals surface area contributed by atoms with Crippen molar-refractivity contribution in [2.24, 2.45) is 5.92 Å². The van der Waals surface area contributed by atoms with Crippen molar-refractivity contribution in [2.75, 3.05) is 26.2 Å². The summed E-state index contributed by atoms with van der Waals surface area (Å²) < 4.78 is 43.5. The number of likely N-dealkylation sites (tertiary alicyclic amines) is 2. The van der Waals surface area contributed by atoms with Gasteiger partial charge in [0, 0.05) is 32.1 Å². The predicted octanol–water partition coefficient (Wildman–Crippen LogP) is 2.43. The van der Waals surface area contributed by atoms with Crippen LogP contribution in [-0.4, -0.2) is 71.3 Å². The first-order chi connectivity index (χ1) is 13.6. The molecule has 0 radical (unpaired) electrons. The summed E-state index contributed by atoms with van der Waals surface area (Å²) in [5.41, 5.74) is 0. The molecule has 3 aliphatic rings. The second kappa shape index (κ2) is 8.74. The number of alkyl halides is 3. The van der Waals surface area contributed by atoms with Gasteiger partial charge in [0.15, 0.2) is 0 Å². The minimum atomic E-state index is -5.08. The molecule has 0 aromatic carbocycles. The van der Waals surface area contributed by atoms with E-state index in [1.807, 2.05) is 17.9 Å². The first-order valence-corrected chi connectivity index (χ1v) is 9.63. The van der Waals surface area contributed by atoms with Gasteiger partial charge in [0.1, 0.15) is 11.5 Å². The van der Waals surface area contributed by atoms with E-state index >= 15 is 0 Å². The number of nitrogens with zero attached hydrogens (tertiary/aromatic N) is 2. The summed E-state index contributed by atoms with van der Waals surface area (Å²) in [6.07, 6.45) is -1.90. The van der Waals surface area contributed by atoms with E-state index in [2.05, 4.69) is 11.0 Å². The van der Waals surface area contributed by atoms with Crippen molar-refractivity contribution >= 4 is 11.9 Å². The van der Waals surface area contributed by atoms with Gasteiger partial charge in [-0.2, -0.15) is 13.2 Å². The number of rotatable bonds is 4. The number of hydrogen-bond donors (Lipinski definition) is 1. The first-order valence-electron chi connectivity index (χ1n) is 9.63. The number of carbonyl (C=O) groups is 2. The Morgan fingerprint density at radius 3 is 2.41 bits per heavy atom. The van der Waals surface area contributed by atoms with Gasteiger partial charge in [0.05, 0.1) is 25.2 Å². The zero-order valence-corrected chi connectivity index (χ0v) is 16.2. The maximum atomic E-state index is 12.0. The van der Waals surface area contributed by atoms with E-state index in [1.54, 1.807) is 0 Å². The quantitative estimate of drug-likeness (QED) is 0.809. The fourth-order valence-electron chi connectivity index (χ4n) is 3.89. The highest BCUT2D eigenvalue weighted by Crippen LogP contribution is 2.35. The van der Waals surface area contributed by atoms with E-state index in [4.69, 9.17) is 19.1 Å². The van der Waals surface area contributed by atoms with Crippen LogP contribution in [0, 0.1) is 12.8 Å². The Morgan fingerprint density at radius 1 is 1.24 bits per heavy atom. The van der Waals surface area contributed by atoms with Gasteiger partial charge in [-0.05, 0) is 31.9 Å². The second-order valence-corrected chi connectivity index (χ2v) is 7.74. The molecule has 1 amide bonds. The maximum Gasteiger partial charge on any atom is 0.490 e. The highest BCUT2D eigenvalue weighted by atomic mass is 19.4. The molecule has 162 valence electrons. The maximum absolute atomic E-state index is 12.0. The molecule has 7 nitrogen and oxygen atoms in total. The average molecular weight is 418 g/mol. The molecule has 1 N–H and O–H groups in total. The third-order valence-electron chi connectivity index (χ3n) is 5.42. The van der Waals surface area contributed by atoms with Crippen LogP contribution < -0.4 is 0 Å². The lowest BCUT2D eigenvalue weighted by Crippen LogP contribution is -2.43. The molecule has 10 heteroatoms. The average Bonchev–Trinajstić information content (AvgIpc) is 3.20. The van der Waals surface area contributed by atoms with Crippen molar-refractivity contribution in [3.63, 3.8) is 0 Å². The van der Waals surface area contributed by atoms with Gasteiger partial charge in [-0.1, -0.05) is 0 Å². The normalized spacial score (nSPS) is 26.5. The van der Waals surface area contributed by atoms with Crippen molar-refractivity contribution in [3.8, 4) is 0 Å². The number of hydrogen-bond acceptors (Lipinski definition) is 5. The number of aryl methyl sites for hydroxylation is 1.